The van der Waals surface area contributed by atoms with Gasteiger partial charge in [-0.1, -0.05) is 18.2 Å². The first-order chi connectivity index (χ1) is 14.0. The molecule has 0 bridgehead atoms. The van der Waals surface area contributed by atoms with Crippen molar-refractivity contribution in [2.75, 3.05) is 13.1 Å². The van der Waals surface area contributed by atoms with E-state index in [1.54, 1.807) is 0 Å². The van der Waals surface area contributed by atoms with Gasteiger partial charge in [0.05, 0.1) is 16.6 Å². The lowest BCUT2D eigenvalue weighted by molar-refractivity contribution is -0.137. The second-order valence-electron chi connectivity index (χ2n) is 7.68. The van der Waals surface area contributed by atoms with E-state index in [9.17, 15) is 21.6 Å². The van der Waals surface area contributed by atoms with Crippen molar-refractivity contribution in [2.24, 2.45) is 0 Å². The van der Waals surface area contributed by atoms with E-state index in [2.05, 4.69) is 9.62 Å². The standard InChI is InChI=1S/C21H25F3N2O3S/c1-15(2)29-19-8-6-16(7-9-19)13-26-11-10-18(14-26)25-30(27,28)20-5-3-4-17(12-20)21(22,23)24/h3-9,12,15,18,25H,10-11,13-14H2,1-2H3/t18-/m1/s1. The largest absolute Gasteiger partial charge is 0.491 e. The van der Waals surface area contributed by atoms with Crippen LogP contribution in [0.15, 0.2) is 53.4 Å². The van der Waals surface area contributed by atoms with Crippen LogP contribution in [0.5, 0.6) is 5.75 Å². The van der Waals surface area contributed by atoms with Crippen LogP contribution in [0.4, 0.5) is 13.2 Å². The third kappa shape index (κ3) is 5.96. The van der Waals surface area contributed by atoms with Crippen LogP contribution < -0.4 is 9.46 Å². The van der Waals surface area contributed by atoms with Gasteiger partial charge in [0, 0.05) is 25.7 Å². The Kier molecular flexibility index (Phi) is 6.74. The highest BCUT2D eigenvalue weighted by Gasteiger charge is 2.33. The van der Waals surface area contributed by atoms with E-state index in [1.165, 1.54) is 6.07 Å². The molecule has 164 valence electrons. The van der Waals surface area contributed by atoms with Crippen molar-refractivity contribution in [3.8, 4) is 5.75 Å². The maximum Gasteiger partial charge on any atom is 0.416 e. The fourth-order valence-electron chi connectivity index (χ4n) is 3.40. The van der Waals surface area contributed by atoms with E-state index in [0.29, 0.717) is 32.1 Å². The molecule has 0 unspecified atom stereocenters. The summed E-state index contributed by atoms with van der Waals surface area (Å²) in [7, 11) is -4.03. The molecule has 1 N–H and O–H groups in total. The number of likely N-dealkylation sites (tertiary alicyclic amines) is 1. The highest BCUT2D eigenvalue weighted by Crippen LogP contribution is 2.30. The quantitative estimate of drug-likeness (QED) is 0.703. The second-order valence-corrected chi connectivity index (χ2v) is 9.39. The molecule has 1 fully saturated rings. The third-order valence-corrected chi connectivity index (χ3v) is 6.29. The Morgan fingerprint density at radius 2 is 1.87 bits per heavy atom. The number of hydrogen-bond donors (Lipinski definition) is 1. The molecule has 9 heteroatoms. The number of rotatable bonds is 7. The number of nitrogens with one attached hydrogen (secondary N) is 1. The van der Waals surface area contributed by atoms with E-state index in [4.69, 9.17) is 4.74 Å². The molecule has 0 radical (unpaired) electrons. The Bertz CT molecular complexity index is 960. The number of ether oxygens (including phenoxy) is 1. The van der Waals surface area contributed by atoms with Crippen LogP contribution in [0.25, 0.3) is 0 Å². The van der Waals surface area contributed by atoms with Crippen molar-refractivity contribution in [1.82, 2.24) is 9.62 Å². The molecule has 0 amide bonds. The van der Waals surface area contributed by atoms with E-state index in [0.717, 1.165) is 23.4 Å². The van der Waals surface area contributed by atoms with Crippen LogP contribution in [0, 0.1) is 0 Å². The van der Waals surface area contributed by atoms with Gasteiger partial charge in [-0.15, -0.1) is 0 Å². The summed E-state index contributed by atoms with van der Waals surface area (Å²) < 4.78 is 71.9. The topological polar surface area (TPSA) is 58.6 Å². The van der Waals surface area contributed by atoms with Crippen LogP contribution in [0.3, 0.4) is 0 Å². The molecule has 2 aromatic carbocycles. The molecule has 1 heterocycles. The minimum absolute atomic E-state index is 0.0973. The van der Waals surface area contributed by atoms with Gasteiger partial charge in [0.2, 0.25) is 10.0 Å². The molecule has 2 aromatic rings. The SMILES string of the molecule is CC(C)Oc1ccc(CN2CC[C@@H](NS(=O)(=O)c3cccc(C(F)(F)F)c3)C2)cc1. The summed E-state index contributed by atoms with van der Waals surface area (Å²) in [6.07, 6.45) is -3.90. The lowest BCUT2D eigenvalue weighted by Gasteiger charge is -2.18. The predicted molar refractivity (Wildman–Crippen MR) is 108 cm³/mol. The van der Waals surface area contributed by atoms with Crippen molar-refractivity contribution in [3.05, 3.63) is 59.7 Å². The van der Waals surface area contributed by atoms with Gasteiger partial charge in [0.1, 0.15) is 5.75 Å². The van der Waals surface area contributed by atoms with E-state index >= 15 is 0 Å². The monoisotopic (exact) mass is 442 g/mol. The molecule has 1 aliphatic rings. The summed E-state index contributed by atoms with van der Waals surface area (Å²) in [4.78, 5) is 1.73. The lowest BCUT2D eigenvalue weighted by atomic mass is 10.2. The first-order valence-electron chi connectivity index (χ1n) is 9.70. The minimum atomic E-state index is -4.59. The summed E-state index contributed by atoms with van der Waals surface area (Å²) >= 11 is 0. The first-order valence-corrected chi connectivity index (χ1v) is 11.2. The minimum Gasteiger partial charge on any atom is -0.491 e. The van der Waals surface area contributed by atoms with Crippen molar-refractivity contribution in [1.29, 1.82) is 0 Å². The molecule has 0 aromatic heterocycles. The second kappa shape index (κ2) is 8.95. The van der Waals surface area contributed by atoms with Crippen molar-refractivity contribution in [3.63, 3.8) is 0 Å². The summed E-state index contributed by atoms with van der Waals surface area (Å²) in [5, 5.41) is 0. The zero-order valence-corrected chi connectivity index (χ0v) is 17.6. The van der Waals surface area contributed by atoms with E-state index in [1.807, 2.05) is 38.1 Å². The molecule has 0 aliphatic carbocycles. The number of sulfonamides is 1. The fourth-order valence-corrected chi connectivity index (χ4v) is 4.71. The average molecular weight is 443 g/mol. The summed E-state index contributed by atoms with van der Waals surface area (Å²) in [5.74, 6) is 0.793. The van der Waals surface area contributed by atoms with Crippen LogP contribution in [0.2, 0.25) is 0 Å². The maximum absolute atomic E-state index is 12.9. The molecule has 3 rings (SSSR count). The third-order valence-electron chi connectivity index (χ3n) is 4.77. The molecule has 0 saturated carbocycles. The number of alkyl halides is 3. The van der Waals surface area contributed by atoms with Gasteiger partial charge in [-0.05, 0) is 56.2 Å². The van der Waals surface area contributed by atoms with Crippen molar-refractivity contribution in [2.45, 2.75) is 50.0 Å². The summed E-state index contributed by atoms with van der Waals surface area (Å²) in [6, 6.07) is 11.2. The van der Waals surface area contributed by atoms with Gasteiger partial charge < -0.3 is 4.74 Å². The van der Waals surface area contributed by atoms with Gasteiger partial charge in [-0.25, -0.2) is 13.1 Å². The Labute approximate surface area is 174 Å². The van der Waals surface area contributed by atoms with Crippen molar-refractivity contribution < 1.29 is 26.3 Å². The Morgan fingerprint density at radius 1 is 1.17 bits per heavy atom. The van der Waals surface area contributed by atoms with Crippen LogP contribution >= 0.6 is 0 Å². The maximum atomic E-state index is 12.9. The Balaban J connectivity index is 1.59. The molecular formula is C21H25F3N2O3S. The van der Waals surface area contributed by atoms with Gasteiger partial charge in [0.15, 0.2) is 0 Å². The van der Waals surface area contributed by atoms with Crippen LogP contribution in [0.1, 0.15) is 31.4 Å². The molecule has 1 atom stereocenters. The van der Waals surface area contributed by atoms with Gasteiger partial charge in [-0.3, -0.25) is 4.90 Å². The first kappa shape index (κ1) is 22.6. The number of hydrogen-bond acceptors (Lipinski definition) is 4. The highest BCUT2D eigenvalue weighted by atomic mass is 32.2. The van der Waals surface area contributed by atoms with Crippen LogP contribution in [-0.4, -0.2) is 38.6 Å². The zero-order chi connectivity index (χ0) is 21.9. The molecule has 0 spiro atoms. The molecule has 30 heavy (non-hydrogen) atoms. The number of nitrogens with zero attached hydrogens (tertiary/aromatic N) is 1. The average Bonchev–Trinajstić information content (AvgIpc) is 3.08. The van der Waals surface area contributed by atoms with Gasteiger partial charge in [0.25, 0.3) is 0 Å². The van der Waals surface area contributed by atoms with Gasteiger partial charge in [-0.2, -0.15) is 13.2 Å². The fraction of sp³-hybridized carbons (Fsp3) is 0.429. The van der Waals surface area contributed by atoms with E-state index < -0.39 is 21.8 Å². The Hall–Kier alpha value is -2.10. The molecule has 5 nitrogen and oxygen atoms in total. The normalized spacial score (nSPS) is 18.1. The Morgan fingerprint density at radius 3 is 2.50 bits per heavy atom. The zero-order valence-electron chi connectivity index (χ0n) is 16.8. The van der Waals surface area contributed by atoms with Crippen molar-refractivity contribution >= 4 is 10.0 Å². The molecule has 1 saturated heterocycles. The van der Waals surface area contributed by atoms with Crippen LogP contribution in [-0.2, 0) is 22.7 Å². The molecule has 1 aliphatic heterocycles. The summed E-state index contributed by atoms with van der Waals surface area (Å²) in [5.41, 5.74) is 0.0933. The number of benzene rings is 2. The molecular weight excluding hydrogens is 417 g/mol. The lowest BCUT2D eigenvalue weighted by Crippen LogP contribution is -2.37. The number of halogens is 3. The predicted octanol–water partition coefficient (Wildman–Crippen LogP) is 4.05. The summed E-state index contributed by atoms with van der Waals surface area (Å²) in [6.45, 7) is 5.75. The highest BCUT2D eigenvalue weighted by molar-refractivity contribution is 7.89. The van der Waals surface area contributed by atoms with Gasteiger partial charge >= 0.3 is 6.18 Å². The smallest absolute Gasteiger partial charge is 0.416 e. The van der Waals surface area contributed by atoms with E-state index in [-0.39, 0.29) is 17.0 Å².